The van der Waals surface area contributed by atoms with Crippen molar-refractivity contribution in [1.29, 1.82) is 0 Å². The Balaban J connectivity index is 2.15. The second kappa shape index (κ2) is 6.67. The Morgan fingerprint density at radius 1 is 1.40 bits per heavy atom. The van der Waals surface area contributed by atoms with Crippen molar-refractivity contribution in [2.75, 3.05) is 0 Å². The van der Waals surface area contributed by atoms with E-state index in [0.717, 1.165) is 30.9 Å². The highest BCUT2D eigenvalue weighted by molar-refractivity contribution is 4.98. The van der Waals surface area contributed by atoms with E-state index in [-0.39, 0.29) is 0 Å². The van der Waals surface area contributed by atoms with E-state index in [1.807, 2.05) is 12.1 Å². The van der Waals surface area contributed by atoms with Crippen LogP contribution >= 0.6 is 0 Å². The highest BCUT2D eigenvalue weighted by Crippen LogP contribution is 2.14. The van der Waals surface area contributed by atoms with Crippen LogP contribution in [0, 0.1) is 5.92 Å². The van der Waals surface area contributed by atoms with Gasteiger partial charge in [0, 0.05) is 12.5 Å². The first-order valence-corrected chi connectivity index (χ1v) is 6.00. The number of nitrogens with two attached hydrogens (primary N) is 1. The molecule has 86 valence electrons. The first-order valence-electron chi connectivity index (χ1n) is 6.00. The van der Waals surface area contributed by atoms with Gasteiger partial charge in [0.05, 0.1) is 6.26 Å². The molecule has 1 aromatic heterocycles. The highest BCUT2D eigenvalue weighted by atomic mass is 16.3. The molecule has 0 radical (unpaired) electrons. The van der Waals surface area contributed by atoms with Gasteiger partial charge in [0.2, 0.25) is 0 Å². The molecule has 0 saturated heterocycles. The summed E-state index contributed by atoms with van der Waals surface area (Å²) in [5.74, 6) is 1.80. The summed E-state index contributed by atoms with van der Waals surface area (Å²) in [4.78, 5) is 0. The van der Waals surface area contributed by atoms with Gasteiger partial charge in [0.1, 0.15) is 5.76 Å². The number of furan rings is 1. The molecule has 0 aliphatic carbocycles. The molecular formula is C13H23NO. The topological polar surface area (TPSA) is 39.2 Å². The molecule has 0 spiro atoms. The SMILES string of the molecule is CCCC(C)CC(N)CCc1ccco1. The van der Waals surface area contributed by atoms with Gasteiger partial charge in [0.15, 0.2) is 0 Å². The second-order valence-electron chi connectivity index (χ2n) is 4.51. The molecule has 0 fully saturated rings. The Kier molecular flexibility index (Phi) is 5.48. The lowest BCUT2D eigenvalue weighted by Gasteiger charge is -2.15. The van der Waals surface area contributed by atoms with Crippen LogP contribution < -0.4 is 5.73 Å². The summed E-state index contributed by atoms with van der Waals surface area (Å²) in [6.45, 7) is 4.52. The van der Waals surface area contributed by atoms with Crippen molar-refractivity contribution in [3.8, 4) is 0 Å². The van der Waals surface area contributed by atoms with Gasteiger partial charge in [-0.25, -0.2) is 0 Å². The third-order valence-corrected chi connectivity index (χ3v) is 2.83. The molecule has 0 bridgehead atoms. The standard InChI is InChI=1S/C13H23NO/c1-3-5-11(2)10-12(14)7-8-13-6-4-9-15-13/h4,6,9,11-12H,3,5,7-8,10,14H2,1-2H3. The van der Waals surface area contributed by atoms with Crippen LogP contribution in [0.5, 0.6) is 0 Å². The molecule has 2 unspecified atom stereocenters. The van der Waals surface area contributed by atoms with Gasteiger partial charge >= 0.3 is 0 Å². The van der Waals surface area contributed by atoms with Gasteiger partial charge in [-0.3, -0.25) is 0 Å². The Morgan fingerprint density at radius 3 is 2.80 bits per heavy atom. The smallest absolute Gasteiger partial charge is 0.103 e. The van der Waals surface area contributed by atoms with Crippen LogP contribution in [0.4, 0.5) is 0 Å². The predicted octanol–water partition coefficient (Wildman–Crippen LogP) is 3.37. The summed E-state index contributed by atoms with van der Waals surface area (Å²) in [5.41, 5.74) is 6.08. The van der Waals surface area contributed by atoms with E-state index in [4.69, 9.17) is 10.2 Å². The van der Waals surface area contributed by atoms with E-state index in [9.17, 15) is 0 Å². The predicted molar refractivity (Wildman–Crippen MR) is 63.7 cm³/mol. The van der Waals surface area contributed by atoms with E-state index in [1.54, 1.807) is 6.26 Å². The van der Waals surface area contributed by atoms with Crippen molar-refractivity contribution in [2.24, 2.45) is 11.7 Å². The highest BCUT2D eigenvalue weighted by Gasteiger charge is 2.09. The first-order chi connectivity index (χ1) is 7.22. The maximum atomic E-state index is 6.08. The molecule has 1 heterocycles. The lowest BCUT2D eigenvalue weighted by Crippen LogP contribution is -2.23. The fourth-order valence-electron chi connectivity index (χ4n) is 2.03. The van der Waals surface area contributed by atoms with Crippen molar-refractivity contribution < 1.29 is 4.42 Å². The molecule has 2 N–H and O–H groups in total. The van der Waals surface area contributed by atoms with Crippen LogP contribution in [0.3, 0.4) is 0 Å². The molecular weight excluding hydrogens is 186 g/mol. The van der Waals surface area contributed by atoms with Gasteiger partial charge < -0.3 is 10.2 Å². The molecule has 0 saturated carbocycles. The Morgan fingerprint density at radius 2 is 2.20 bits per heavy atom. The average molecular weight is 209 g/mol. The van der Waals surface area contributed by atoms with Gasteiger partial charge in [0.25, 0.3) is 0 Å². The molecule has 0 amide bonds. The van der Waals surface area contributed by atoms with Crippen LogP contribution in [0.1, 0.15) is 45.3 Å². The third kappa shape index (κ3) is 5.03. The minimum Gasteiger partial charge on any atom is -0.469 e. The monoisotopic (exact) mass is 209 g/mol. The van der Waals surface area contributed by atoms with E-state index >= 15 is 0 Å². The average Bonchev–Trinajstić information content (AvgIpc) is 2.67. The zero-order valence-corrected chi connectivity index (χ0v) is 9.91. The molecule has 2 atom stereocenters. The molecule has 2 heteroatoms. The van der Waals surface area contributed by atoms with Gasteiger partial charge in [-0.05, 0) is 30.9 Å². The zero-order valence-electron chi connectivity index (χ0n) is 9.91. The van der Waals surface area contributed by atoms with Gasteiger partial charge in [-0.15, -0.1) is 0 Å². The molecule has 0 aliphatic rings. The van der Waals surface area contributed by atoms with Crippen LogP contribution in [-0.2, 0) is 6.42 Å². The minimum absolute atomic E-state index is 0.316. The number of rotatable bonds is 7. The van der Waals surface area contributed by atoms with Crippen molar-refractivity contribution in [1.82, 2.24) is 0 Å². The number of hydrogen-bond donors (Lipinski definition) is 1. The van der Waals surface area contributed by atoms with E-state index in [1.165, 1.54) is 12.8 Å². The normalized spacial score (nSPS) is 15.1. The number of hydrogen-bond acceptors (Lipinski definition) is 2. The Hall–Kier alpha value is -0.760. The summed E-state index contributed by atoms with van der Waals surface area (Å²) >= 11 is 0. The van der Waals surface area contributed by atoms with Crippen LogP contribution in [0.2, 0.25) is 0 Å². The van der Waals surface area contributed by atoms with Gasteiger partial charge in [-0.2, -0.15) is 0 Å². The first kappa shape index (κ1) is 12.3. The lowest BCUT2D eigenvalue weighted by molar-refractivity contribution is 0.407. The van der Waals surface area contributed by atoms with E-state index in [0.29, 0.717) is 6.04 Å². The fraction of sp³-hybridized carbons (Fsp3) is 0.692. The summed E-state index contributed by atoms with van der Waals surface area (Å²) < 4.78 is 5.28. The van der Waals surface area contributed by atoms with Crippen molar-refractivity contribution in [3.63, 3.8) is 0 Å². The summed E-state index contributed by atoms with van der Waals surface area (Å²) in [6, 6.07) is 4.26. The third-order valence-electron chi connectivity index (χ3n) is 2.83. The zero-order chi connectivity index (χ0) is 11.1. The molecule has 0 aromatic carbocycles. The van der Waals surface area contributed by atoms with Crippen molar-refractivity contribution >= 4 is 0 Å². The van der Waals surface area contributed by atoms with E-state index in [2.05, 4.69) is 13.8 Å². The lowest BCUT2D eigenvalue weighted by atomic mass is 9.95. The summed E-state index contributed by atoms with van der Waals surface area (Å²) in [7, 11) is 0. The van der Waals surface area contributed by atoms with Gasteiger partial charge in [-0.1, -0.05) is 26.7 Å². The van der Waals surface area contributed by atoms with Crippen LogP contribution in [-0.4, -0.2) is 6.04 Å². The maximum absolute atomic E-state index is 6.08. The Bertz CT molecular complexity index is 243. The van der Waals surface area contributed by atoms with Crippen molar-refractivity contribution in [3.05, 3.63) is 24.2 Å². The molecule has 2 nitrogen and oxygen atoms in total. The van der Waals surface area contributed by atoms with E-state index < -0.39 is 0 Å². The molecule has 0 aliphatic heterocycles. The van der Waals surface area contributed by atoms with Crippen molar-refractivity contribution in [2.45, 2.75) is 52.0 Å². The molecule has 1 aromatic rings. The summed E-state index contributed by atoms with van der Waals surface area (Å²) in [6.07, 6.45) is 7.39. The minimum atomic E-state index is 0.316. The second-order valence-corrected chi connectivity index (χ2v) is 4.51. The molecule has 15 heavy (non-hydrogen) atoms. The van der Waals surface area contributed by atoms with Crippen LogP contribution in [0.15, 0.2) is 22.8 Å². The Labute approximate surface area is 92.9 Å². The largest absolute Gasteiger partial charge is 0.469 e. The maximum Gasteiger partial charge on any atom is 0.103 e. The summed E-state index contributed by atoms with van der Waals surface area (Å²) in [5, 5.41) is 0. The quantitative estimate of drug-likeness (QED) is 0.747. The fourth-order valence-corrected chi connectivity index (χ4v) is 2.03. The molecule has 1 rings (SSSR count). The van der Waals surface area contributed by atoms with Crippen LogP contribution in [0.25, 0.3) is 0 Å². The number of aryl methyl sites for hydroxylation is 1.